The highest BCUT2D eigenvalue weighted by Gasteiger charge is 2.17. The van der Waals surface area contributed by atoms with Gasteiger partial charge in [-0.3, -0.25) is 4.72 Å². The molecule has 0 bridgehead atoms. The fraction of sp³-hybridized carbons (Fsp3) is 0.438. The average Bonchev–Trinajstić information content (AvgIpc) is 3.17. The van der Waals surface area contributed by atoms with Crippen molar-refractivity contribution in [3.8, 4) is 0 Å². The molecule has 1 aliphatic carbocycles. The van der Waals surface area contributed by atoms with Gasteiger partial charge in [0.05, 0.1) is 4.90 Å². The first-order chi connectivity index (χ1) is 11.0. The maximum atomic E-state index is 12.3. The van der Waals surface area contributed by atoms with Crippen LogP contribution < -0.4 is 4.72 Å². The Morgan fingerprint density at radius 3 is 2.57 bits per heavy atom. The van der Waals surface area contributed by atoms with Crippen molar-refractivity contribution in [2.24, 2.45) is 5.92 Å². The van der Waals surface area contributed by atoms with Gasteiger partial charge in [0.1, 0.15) is 5.76 Å². The summed E-state index contributed by atoms with van der Waals surface area (Å²) in [7, 11) is -3.63. The summed E-state index contributed by atoms with van der Waals surface area (Å²) >= 11 is 1.80. The lowest BCUT2D eigenvalue weighted by atomic mass is 10.1. The fourth-order valence-electron chi connectivity index (χ4n) is 2.72. The normalized spacial score (nSPS) is 15.9. The van der Waals surface area contributed by atoms with Crippen LogP contribution in [-0.4, -0.2) is 19.3 Å². The molecule has 1 saturated carbocycles. The number of thioether (sulfide) groups is 1. The molecule has 1 fully saturated rings. The number of aryl methyl sites for hydroxylation is 1. The van der Waals surface area contributed by atoms with Crippen molar-refractivity contribution in [1.82, 2.24) is 5.16 Å². The van der Waals surface area contributed by atoms with Crippen LogP contribution in [0.25, 0.3) is 0 Å². The van der Waals surface area contributed by atoms with E-state index in [2.05, 4.69) is 9.88 Å². The summed E-state index contributed by atoms with van der Waals surface area (Å²) in [5.74, 6) is 2.67. The Hall–Kier alpha value is -1.47. The van der Waals surface area contributed by atoms with Crippen molar-refractivity contribution in [2.45, 2.75) is 42.4 Å². The molecule has 0 atom stereocenters. The van der Waals surface area contributed by atoms with Gasteiger partial charge in [0.25, 0.3) is 10.0 Å². The van der Waals surface area contributed by atoms with E-state index in [4.69, 9.17) is 4.52 Å². The van der Waals surface area contributed by atoms with Crippen molar-refractivity contribution < 1.29 is 12.9 Å². The van der Waals surface area contributed by atoms with Gasteiger partial charge in [0, 0.05) is 16.7 Å². The fourth-order valence-corrected chi connectivity index (χ4v) is 4.79. The number of aromatic nitrogens is 1. The molecule has 0 saturated heterocycles. The van der Waals surface area contributed by atoms with E-state index in [1.807, 2.05) is 12.1 Å². The molecule has 1 heterocycles. The number of hydrogen-bond donors (Lipinski definition) is 1. The van der Waals surface area contributed by atoms with Gasteiger partial charge < -0.3 is 4.52 Å². The van der Waals surface area contributed by atoms with Gasteiger partial charge >= 0.3 is 0 Å². The highest BCUT2D eigenvalue weighted by molar-refractivity contribution is 7.99. The molecular weight excluding hydrogens is 332 g/mol. The Labute approximate surface area is 140 Å². The number of sulfonamides is 1. The predicted molar refractivity (Wildman–Crippen MR) is 91.2 cm³/mol. The largest absolute Gasteiger partial charge is 0.360 e. The van der Waals surface area contributed by atoms with Crippen molar-refractivity contribution in [2.75, 3.05) is 10.5 Å². The predicted octanol–water partition coefficient (Wildman–Crippen LogP) is 4.07. The molecule has 1 aromatic heterocycles. The van der Waals surface area contributed by atoms with Crippen LogP contribution in [0.4, 0.5) is 5.82 Å². The zero-order valence-corrected chi connectivity index (χ0v) is 14.6. The zero-order valence-electron chi connectivity index (χ0n) is 13.0. The lowest BCUT2D eigenvalue weighted by Gasteiger charge is -2.09. The molecule has 23 heavy (non-hydrogen) atoms. The lowest BCUT2D eigenvalue weighted by molar-refractivity contribution is 0.400. The van der Waals surface area contributed by atoms with E-state index in [9.17, 15) is 8.42 Å². The number of anilines is 1. The molecule has 1 aliphatic rings. The minimum absolute atomic E-state index is 0.196. The highest BCUT2D eigenvalue weighted by Crippen LogP contribution is 2.31. The highest BCUT2D eigenvalue weighted by atomic mass is 32.2. The Bertz CT molecular complexity index is 748. The Kier molecular flexibility index (Phi) is 4.96. The van der Waals surface area contributed by atoms with Crippen molar-refractivity contribution in [3.05, 3.63) is 36.1 Å². The van der Waals surface area contributed by atoms with Crippen molar-refractivity contribution >= 4 is 27.6 Å². The van der Waals surface area contributed by atoms with E-state index in [1.54, 1.807) is 36.9 Å². The third kappa shape index (κ3) is 4.29. The first-order valence-corrected chi connectivity index (χ1v) is 10.2. The third-order valence-electron chi connectivity index (χ3n) is 3.96. The summed E-state index contributed by atoms with van der Waals surface area (Å²) < 4.78 is 31.9. The van der Waals surface area contributed by atoms with E-state index >= 15 is 0 Å². The van der Waals surface area contributed by atoms with Crippen LogP contribution in [0.2, 0.25) is 0 Å². The first kappa shape index (κ1) is 16.4. The second-order valence-corrected chi connectivity index (χ2v) is 8.64. The Morgan fingerprint density at radius 2 is 1.96 bits per heavy atom. The van der Waals surface area contributed by atoms with Crippen LogP contribution in [-0.2, 0) is 10.0 Å². The van der Waals surface area contributed by atoms with Crippen LogP contribution in [0.15, 0.2) is 44.6 Å². The van der Waals surface area contributed by atoms with Gasteiger partial charge in [-0.15, -0.1) is 11.8 Å². The molecule has 1 aromatic carbocycles. The van der Waals surface area contributed by atoms with E-state index < -0.39 is 10.0 Å². The number of nitrogens with one attached hydrogen (secondary N) is 1. The third-order valence-corrected chi connectivity index (χ3v) is 6.58. The maximum absolute atomic E-state index is 12.3. The van der Waals surface area contributed by atoms with Crippen LogP contribution in [0, 0.1) is 12.8 Å². The Morgan fingerprint density at radius 1 is 1.26 bits per heavy atom. The number of hydrogen-bond acceptors (Lipinski definition) is 5. The standard InChI is InChI=1S/C16H20N2O3S2/c1-12-10-16(17-21-12)18-23(19,20)15-8-6-14(7-9-15)22-11-13-4-2-3-5-13/h6-10,13H,2-5,11H2,1H3,(H,17,18). The van der Waals surface area contributed by atoms with Crippen LogP contribution in [0.1, 0.15) is 31.4 Å². The van der Waals surface area contributed by atoms with E-state index in [0.29, 0.717) is 5.76 Å². The van der Waals surface area contributed by atoms with Crippen LogP contribution >= 0.6 is 11.8 Å². The molecule has 0 aliphatic heterocycles. The average molecular weight is 352 g/mol. The summed E-state index contributed by atoms with van der Waals surface area (Å²) in [4.78, 5) is 1.33. The molecule has 1 N–H and O–H groups in total. The smallest absolute Gasteiger partial charge is 0.263 e. The molecule has 0 unspecified atom stereocenters. The topological polar surface area (TPSA) is 72.2 Å². The quantitative estimate of drug-likeness (QED) is 0.794. The van der Waals surface area contributed by atoms with Gasteiger partial charge in [0.2, 0.25) is 0 Å². The minimum atomic E-state index is -3.63. The van der Waals surface area contributed by atoms with Crippen LogP contribution in [0.5, 0.6) is 0 Å². The van der Waals surface area contributed by atoms with E-state index in [0.717, 1.165) is 16.6 Å². The second-order valence-electron chi connectivity index (χ2n) is 5.86. The molecule has 7 heteroatoms. The molecule has 0 radical (unpaired) electrons. The summed E-state index contributed by atoms with van der Waals surface area (Å²) in [6.45, 7) is 1.71. The summed E-state index contributed by atoms with van der Waals surface area (Å²) in [6.07, 6.45) is 5.33. The van der Waals surface area contributed by atoms with Crippen molar-refractivity contribution in [1.29, 1.82) is 0 Å². The lowest BCUT2D eigenvalue weighted by Crippen LogP contribution is -2.13. The molecule has 2 aromatic rings. The molecule has 5 nitrogen and oxygen atoms in total. The van der Waals surface area contributed by atoms with Crippen molar-refractivity contribution in [3.63, 3.8) is 0 Å². The zero-order chi connectivity index (χ0) is 16.3. The molecule has 0 spiro atoms. The van der Waals surface area contributed by atoms with Gasteiger partial charge in [-0.1, -0.05) is 18.0 Å². The summed E-state index contributed by atoms with van der Waals surface area (Å²) in [6, 6.07) is 8.53. The van der Waals surface area contributed by atoms with E-state index in [1.165, 1.54) is 25.7 Å². The van der Waals surface area contributed by atoms with Gasteiger partial charge in [-0.2, -0.15) is 0 Å². The SMILES string of the molecule is Cc1cc(NS(=O)(=O)c2ccc(SCC3CCCC3)cc2)no1. The Balaban J connectivity index is 1.63. The van der Waals surface area contributed by atoms with Gasteiger partial charge in [0.15, 0.2) is 5.82 Å². The summed E-state index contributed by atoms with van der Waals surface area (Å²) in [5, 5.41) is 3.65. The molecular formula is C16H20N2O3S2. The molecule has 3 rings (SSSR count). The maximum Gasteiger partial charge on any atom is 0.263 e. The number of nitrogens with zero attached hydrogens (tertiary/aromatic N) is 1. The second kappa shape index (κ2) is 6.97. The summed E-state index contributed by atoms with van der Waals surface area (Å²) in [5.41, 5.74) is 0. The van der Waals surface area contributed by atoms with E-state index in [-0.39, 0.29) is 10.7 Å². The number of rotatable bonds is 6. The minimum Gasteiger partial charge on any atom is -0.360 e. The van der Waals surface area contributed by atoms with Gasteiger partial charge in [-0.05, 0) is 49.9 Å². The molecule has 0 amide bonds. The number of benzene rings is 1. The monoisotopic (exact) mass is 352 g/mol. The van der Waals surface area contributed by atoms with Crippen LogP contribution in [0.3, 0.4) is 0 Å². The molecule has 124 valence electrons. The first-order valence-electron chi connectivity index (χ1n) is 7.72. The van der Waals surface area contributed by atoms with Gasteiger partial charge in [-0.25, -0.2) is 8.42 Å².